The molecule has 9 heterocycles. The molecule has 0 aliphatic carbocycles. The van der Waals surface area contributed by atoms with Gasteiger partial charge in [-0.25, -0.2) is 24.9 Å². The van der Waals surface area contributed by atoms with E-state index >= 15 is 0 Å². The molecule has 0 fully saturated rings. The van der Waals surface area contributed by atoms with Gasteiger partial charge in [0, 0.05) is 141 Å². The normalized spacial score (nSPS) is 10.6. The summed E-state index contributed by atoms with van der Waals surface area (Å²) < 4.78 is 0. The minimum absolute atomic E-state index is 0. The molecule has 731 valence electrons. The number of pyridine rings is 1. The monoisotopic (exact) mass is 2820 g/mol. The number of aromatic nitrogens is 15. The second kappa shape index (κ2) is 56.3. The van der Waals surface area contributed by atoms with Crippen LogP contribution in [0.25, 0.3) is 155 Å². The first-order valence-electron chi connectivity index (χ1n) is 46.3. The topological polar surface area (TPSA) is 193 Å². The SMILES string of the molecule is CC(C)(C)c1c[c-]c(-c2ncc3ccccc3n2)cc1.[C-](=C(c1ccccc1)c1ccccn1)c1ccccc1.[C-](=C(c1ccccc1)c1ncnc2ccccc12)c1ccccc1.[Ir].[Ir].[Ir].[Ir].[Ir].[c-]1ccccc1-c1ncc2ccccc2n1.[c-]1ccccc1-c1ncnc2ccccc12.[c-]1ccccc1-c1ncnc2ccccc12.[c-]1ccccc1-c1ncnc2ccccc12.[c-]1sccc1-c1ncnc2ccccc12. The van der Waals surface area contributed by atoms with Crippen LogP contribution in [0.1, 0.15) is 60.0 Å². The predicted molar refractivity (Wildman–Crippen MR) is 579 cm³/mol. The van der Waals surface area contributed by atoms with Crippen LogP contribution in [0.2, 0.25) is 0 Å². The van der Waals surface area contributed by atoms with Crippen molar-refractivity contribution in [1.82, 2.24) is 74.8 Å². The van der Waals surface area contributed by atoms with E-state index in [4.69, 9.17) is 0 Å². The molecule has 0 aliphatic rings. The molecule has 25 aromatic rings. The van der Waals surface area contributed by atoms with Crippen molar-refractivity contribution in [3.8, 4) is 67.8 Å². The number of rotatable bonds is 12. The van der Waals surface area contributed by atoms with Crippen LogP contribution in [-0.4, -0.2) is 74.8 Å². The van der Waals surface area contributed by atoms with Gasteiger partial charge in [0.25, 0.3) is 0 Å². The summed E-state index contributed by atoms with van der Waals surface area (Å²) >= 11 is 1.56. The van der Waals surface area contributed by atoms with E-state index in [0.29, 0.717) is 0 Å². The molecular weight excluding hydrogens is 2730 g/mol. The first kappa shape index (κ1) is 110. The van der Waals surface area contributed by atoms with E-state index in [2.05, 4.69) is 180 Å². The first-order valence-corrected chi connectivity index (χ1v) is 47.2. The number of thiophene rings is 1. The number of hydrogen-bond donors (Lipinski definition) is 0. The van der Waals surface area contributed by atoms with E-state index < -0.39 is 0 Å². The van der Waals surface area contributed by atoms with Crippen LogP contribution in [-0.2, 0) is 106 Å². The Kier molecular flexibility index (Phi) is 41.7. The summed E-state index contributed by atoms with van der Waals surface area (Å²) in [6.07, 6.45) is 20.5. The molecule has 21 heteroatoms. The first-order chi connectivity index (χ1) is 70.6. The standard InChI is InChI=1S/C22H15N2.C19H14N.C18H17N2.4C14H9N2.C12H7N2S.5Ir/c1-3-9-17(10-4-1)15-20(18-11-5-2-6-12-18)22-19-13-7-8-14-21(19)23-16-24-22;1-3-9-16(10-4-1)15-18(17-11-5-2-6-12-17)19-13-7-8-14-20-19;1-18(2,3)15-10-8-13(9-11-15)17-19-12-14-6-4-5-7-16(14)20-17;3*1-2-6-11(7-3-1)14-12-8-4-5-9-13(12)15-10-16-14;1-2-6-11(7-3-1)14-15-10-12-8-4-5-9-13(12)16-14;1-2-4-11-10(3-1)12(14-8-13-11)9-5-6-15-7-9;;;;;/h1-14,16H;1-14H;4-8,10-12H,1-3H3;4*1-6,8-10H;1-6,8H;;;;;/q8*-1;;;;;. The average Bonchev–Trinajstić information content (AvgIpc) is 1.22. The molecule has 5 radical (unpaired) electrons. The molecule has 16 aromatic carbocycles. The smallest absolute Gasteiger partial charge is 0.108 e. The molecule has 0 amide bonds. The third kappa shape index (κ3) is 29.5. The van der Waals surface area contributed by atoms with Crippen molar-refractivity contribution in [1.29, 1.82) is 0 Å². The number of nitrogens with zero attached hydrogens (tertiary/aromatic N) is 15. The van der Waals surface area contributed by atoms with Gasteiger partial charge in [-0.3, -0.25) is 61.2 Å². The molecule has 0 bridgehead atoms. The average molecular weight is 2820 g/mol. The minimum atomic E-state index is 0. The van der Waals surface area contributed by atoms with Crippen LogP contribution in [0.3, 0.4) is 0 Å². The molecule has 0 spiro atoms. The molecule has 0 atom stereocenters. The Labute approximate surface area is 932 Å². The number of fused-ring (bicyclic) bond motifs is 7. The summed E-state index contributed by atoms with van der Waals surface area (Å²) in [6.45, 7) is 6.59. The van der Waals surface area contributed by atoms with E-state index in [1.807, 2.05) is 418 Å². The molecule has 0 unspecified atom stereocenters. The summed E-state index contributed by atoms with van der Waals surface area (Å²) in [4.78, 5) is 65.5. The van der Waals surface area contributed by atoms with Crippen LogP contribution in [0.4, 0.5) is 0 Å². The zero-order valence-corrected chi connectivity index (χ0v) is 92.8. The van der Waals surface area contributed by atoms with Gasteiger partial charge in [-0.2, -0.15) is 6.07 Å². The molecule has 0 saturated heterocycles. The Morgan fingerprint density at radius 1 is 0.257 bits per heavy atom. The van der Waals surface area contributed by atoms with Crippen molar-refractivity contribution in [2.75, 3.05) is 0 Å². The summed E-state index contributed by atoms with van der Waals surface area (Å²) in [5.41, 5.74) is 25.9. The Hall–Kier alpha value is -15.5. The van der Waals surface area contributed by atoms with Crippen LogP contribution < -0.4 is 0 Å². The molecule has 9 aromatic heterocycles. The number of hydrogen-bond acceptors (Lipinski definition) is 16. The fourth-order valence-corrected chi connectivity index (χ4v) is 16.0. The van der Waals surface area contributed by atoms with E-state index in [0.717, 1.165) is 189 Å². The molecule has 0 saturated carbocycles. The van der Waals surface area contributed by atoms with Gasteiger partial charge >= 0.3 is 0 Å². The maximum atomic E-state index is 4.59. The summed E-state index contributed by atoms with van der Waals surface area (Å²) in [5.74, 6) is 1.45. The van der Waals surface area contributed by atoms with Crippen molar-refractivity contribution in [2.24, 2.45) is 0 Å². The Bertz CT molecular complexity index is 8140. The zero-order valence-electron chi connectivity index (χ0n) is 80.0. The quantitative estimate of drug-likeness (QED) is 0.0827. The van der Waals surface area contributed by atoms with Crippen molar-refractivity contribution < 1.29 is 101 Å². The van der Waals surface area contributed by atoms with Gasteiger partial charge < -0.3 is 0 Å². The van der Waals surface area contributed by atoms with Crippen LogP contribution >= 0.6 is 11.3 Å². The van der Waals surface area contributed by atoms with Gasteiger partial charge in [0.2, 0.25) is 0 Å². The zero-order chi connectivity index (χ0) is 97.2. The maximum Gasteiger partial charge on any atom is 0.108 e. The number of para-hydroxylation sites is 7. The van der Waals surface area contributed by atoms with Gasteiger partial charge in [-0.15, -0.1) is 237 Å². The van der Waals surface area contributed by atoms with E-state index in [9.17, 15) is 0 Å². The minimum Gasteiger partial charge on any atom is -0.295 e. The summed E-state index contributed by atoms with van der Waals surface area (Å²) in [7, 11) is 0. The summed E-state index contributed by atoms with van der Waals surface area (Å²) in [5, 5.41) is 12.6. The third-order valence-corrected chi connectivity index (χ3v) is 23.2. The Morgan fingerprint density at radius 3 is 0.959 bits per heavy atom. The maximum absolute atomic E-state index is 4.59. The predicted octanol–water partition coefficient (Wildman–Crippen LogP) is 29.2. The molecule has 15 nitrogen and oxygen atoms in total. The molecule has 148 heavy (non-hydrogen) atoms. The van der Waals surface area contributed by atoms with Gasteiger partial charge in [0.1, 0.15) is 31.6 Å². The number of benzene rings is 16. The second-order valence-corrected chi connectivity index (χ2v) is 33.9. The van der Waals surface area contributed by atoms with Crippen LogP contribution in [0.5, 0.6) is 0 Å². The third-order valence-electron chi connectivity index (χ3n) is 22.6. The molecule has 0 N–H and O–H groups in total. The van der Waals surface area contributed by atoms with Gasteiger partial charge in [-0.05, 0) is 104 Å². The van der Waals surface area contributed by atoms with Gasteiger partial charge in [-0.1, -0.05) is 285 Å². The Balaban J connectivity index is 0.000000141. The van der Waals surface area contributed by atoms with Crippen LogP contribution in [0, 0.1) is 47.9 Å². The molecular formula is C127H89Ir5N15S-8. The van der Waals surface area contributed by atoms with Gasteiger partial charge in [0.15, 0.2) is 0 Å². The van der Waals surface area contributed by atoms with E-state index in [1.165, 1.54) is 5.56 Å². The largest absolute Gasteiger partial charge is 0.295 e. The van der Waals surface area contributed by atoms with Crippen molar-refractivity contribution in [2.45, 2.75) is 26.2 Å². The molecule has 25 rings (SSSR count). The molecule has 0 aliphatic heterocycles. The van der Waals surface area contributed by atoms with E-state index in [-0.39, 0.29) is 106 Å². The fraction of sp³-hybridized carbons (Fsp3) is 0.0315. The van der Waals surface area contributed by atoms with Crippen molar-refractivity contribution in [3.63, 3.8) is 0 Å². The summed E-state index contributed by atoms with van der Waals surface area (Å²) in [6, 6.07) is 158. The fourth-order valence-electron chi connectivity index (χ4n) is 15.4. The van der Waals surface area contributed by atoms with Gasteiger partial charge in [0.05, 0.1) is 50.3 Å². The second-order valence-electron chi connectivity index (χ2n) is 33.2. The van der Waals surface area contributed by atoms with Crippen molar-refractivity contribution >= 4 is 98.8 Å². The van der Waals surface area contributed by atoms with Crippen molar-refractivity contribution in [3.05, 3.63) is 573 Å². The van der Waals surface area contributed by atoms with E-state index in [1.54, 1.807) is 43.0 Å². The van der Waals surface area contributed by atoms with Crippen LogP contribution in [0.15, 0.2) is 486 Å². The Morgan fingerprint density at radius 2 is 0.588 bits per heavy atom.